The Kier molecular flexibility index (Phi) is 8.13. The predicted octanol–water partition coefficient (Wildman–Crippen LogP) is 0.457. The van der Waals surface area contributed by atoms with E-state index in [0.717, 1.165) is 5.56 Å². The second kappa shape index (κ2) is 11.9. The molecule has 216 valence electrons. The van der Waals surface area contributed by atoms with Gasteiger partial charge in [0.1, 0.15) is 29.6 Å². The number of benzene rings is 1. The lowest BCUT2D eigenvalue weighted by molar-refractivity contribution is -0.140. The maximum atomic E-state index is 13.7. The van der Waals surface area contributed by atoms with E-state index in [1.165, 1.54) is 4.90 Å². The van der Waals surface area contributed by atoms with Crippen LogP contribution in [-0.4, -0.2) is 73.3 Å². The summed E-state index contributed by atoms with van der Waals surface area (Å²) in [7, 11) is 0. The number of rotatable bonds is 5. The Morgan fingerprint density at radius 3 is 2.59 bits per heavy atom. The number of hydrogen-bond donors (Lipinski definition) is 3. The average Bonchev–Trinajstić information content (AvgIpc) is 3.69. The maximum Gasteiger partial charge on any atom is 0.243 e. The molecule has 13 nitrogen and oxygen atoms in total. The molecule has 3 aromatic rings. The van der Waals surface area contributed by atoms with Gasteiger partial charge in [-0.3, -0.25) is 19.2 Å². The Morgan fingerprint density at radius 1 is 1.10 bits per heavy atom. The van der Waals surface area contributed by atoms with Gasteiger partial charge in [-0.1, -0.05) is 54.5 Å². The molecule has 5 rings (SSSR count). The molecular formula is C28H34N8O5. The first-order valence-corrected chi connectivity index (χ1v) is 13.7. The van der Waals surface area contributed by atoms with E-state index in [4.69, 9.17) is 4.52 Å². The molecule has 3 N–H and O–H groups in total. The van der Waals surface area contributed by atoms with Crippen molar-refractivity contribution in [2.75, 3.05) is 6.54 Å². The lowest BCUT2D eigenvalue weighted by atomic mass is 10.00. The summed E-state index contributed by atoms with van der Waals surface area (Å²) < 4.78 is 6.85. The SMILES string of the molecule is Cc1cc(CC(=O)N2C[C@@H]3C[C@H]2C(=O)N[C@@H](C(C)C)C(=O)N[C@H](Cc2ccccc2)C(=O)NCc2cn3nn2)on1. The highest BCUT2D eigenvalue weighted by atomic mass is 16.5. The van der Waals surface area contributed by atoms with E-state index in [9.17, 15) is 19.2 Å². The van der Waals surface area contributed by atoms with Gasteiger partial charge in [0.2, 0.25) is 23.6 Å². The van der Waals surface area contributed by atoms with Crippen LogP contribution in [0.5, 0.6) is 0 Å². The van der Waals surface area contributed by atoms with Crippen LogP contribution in [0.1, 0.15) is 49.0 Å². The van der Waals surface area contributed by atoms with Crippen LogP contribution in [0.4, 0.5) is 0 Å². The standard InChI is InChI=1S/C28H34N8O5/c1-16(2)25-28(40)30-22(10-18-7-5-4-6-8-18)26(38)29-13-19-14-36(34-32-19)20-11-23(27(39)31-25)35(15-20)24(37)12-21-9-17(3)33-41-21/h4-9,14,16,20,22-23,25H,10-13,15H2,1-3H3,(H,29,38)(H,30,40)(H,31,39)/t20-,22+,23-,25-/m0/s1. The van der Waals surface area contributed by atoms with Crippen molar-refractivity contribution < 1.29 is 23.7 Å². The van der Waals surface area contributed by atoms with E-state index < -0.39 is 29.9 Å². The molecule has 4 amide bonds. The van der Waals surface area contributed by atoms with Crippen molar-refractivity contribution in [1.29, 1.82) is 0 Å². The zero-order chi connectivity index (χ0) is 29.1. The zero-order valence-electron chi connectivity index (χ0n) is 23.2. The van der Waals surface area contributed by atoms with E-state index in [2.05, 4.69) is 31.4 Å². The minimum Gasteiger partial charge on any atom is -0.361 e. The number of carbonyl (C=O) groups is 4. The molecule has 2 aliphatic rings. The van der Waals surface area contributed by atoms with Gasteiger partial charge < -0.3 is 25.4 Å². The smallest absolute Gasteiger partial charge is 0.243 e. The number of nitrogens with one attached hydrogen (secondary N) is 3. The zero-order valence-corrected chi connectivity index (χ0v) is 23.2. The first-order chi connectivity index (χ1) is 19.7. The number of aryl methyl sites for hydroxylation is 1. The molecule has 4 bridgehead atoms. The molecule has 0 aliphatic carbocycles. The van der Waals surface area contributed by atoms with Crippen LogP contribution < -0.4 is 16.0 Å². The summed E-state index contributed by atoms with van der Waals surface area (Å²) in [6.07, 6.45) is 2.19. The number of amides is 4. The summed E-state index contributed by atoms with van der Waals surface area (Å²) in [5.74, 6) is -1.49. The fourth-order valence-corrected chi connectivity index (χ4v) is 5.26. The van der Waals surface area contributed by atoms with Gasteiger partial charge >= 0.3 is 0 Å². The van der Waals surface area contributed by atoms with Crippen LogP contribution in [0.3, 0.4) is 0 Å². The highest BCUT2D eigenvalue weighted by Gasteiger charge is 2.42. The molecule has 4 heterocycles. The summed E-state index contributed by atoms with van der Waals surface area (Å²) >= 11 is 0. The maximum absolute atomic E-state index is 13.7. The summed E-state index contributed by atoms with van der Waals surface area (Å²) in [4.78, 5) is 55.3. The highest BCUT2D eigenvalue weighted by Crippen LogP contribution is 2.28. The van der Waals surface area contributed by atoms with Crippen LogP contribution in [-0.2, 0) is 38.6 Å². The Hall–Kier alpha value is -4.55. The molecule has 4 atom stereocenters. The highest BCUT2D eigenvalue weighted by molar-refractivity contribution is 5.95. The molecule has 41 heavy (non-hydrogen) atoms. The van der Waals surface area contributed by atoms with Crippen LogP contribution in [0, 0.1) is 12.8 Å². The van der Waals surface area contributed by atoms with Crippen molar-refractivity contribution in [3.8, 4) is 0 Å². The van der Waals surface area contributed by atoms with E-state index in [1.54, 1.807) is 23.9 Å². The second-order valence-corrected chi connectivity index (χ2v) is 11.0. The van der Waals surface area contributed by atoms with E-state index in [0.29, 0.717) is 17.1 Å². The molecule has 0 saturated carbocycles. The van der Waals surface area contributed by atoms with E-state index in [-0.39, 0.29) is 56.1 Å². The van der Waals surface area contributed by atoms with Gasteiger partial charge in [-0.15, -0.1) is 5.10 Å². The van der Waals surface area contributed by atoms with Gasteiger partial charge in [0, 0.05) is 25.5 Å². The van der Waals surface area contributed by atoms with Crippen molar-refractivity contribution in [1.82, 2.24) is 41.0 Å². The Labute approximate surface area is 237 Å². The molecule has 13 heteroatoms. The molecule has 1 fully saturated rings. The van der Waals surface area contributed by atoms with Crippen LogP contribution in [0.15, 0.2) is 47.1 Å². The quantitative estimate of drug-likeness (QED) is 0.404. The van der Waals surface area contributed by atoms with Crippen molar-refractivity contribution >= 4 is 23.6 Å². The van der Waals surface area contributed by atoms with Gasteiger partial charge in [-0.05, 0) is 18.4 Å². The first kappa shape index (κ1) is 28.0. The van der Waals surface area contributed by atoms with Crippen LogP contribution in [0.2, 0.25) is 0 Å². The Morgan fingerprint density at radius 2 is 1.88 bits per heavy atom. The summed E-state index contributed by atoms with van der Waals surface area (Å²) in [5, 5.41) is 20.8. The van der Waals surface area contributed by atoms with E-state index >= 15 is 0 Å². The van der Waals surface area contributed by atoms with Crippen molar-refractivity contribution in [2.24, 2.45) is 5.92 Å². The molecule has 2 aromatic heterocycles. The van der Waals surface area contributed by atoms with Crippen molar-refractivity contribution in [3.05, 3.63) is 65.3 Å². The molecule has 2 aliphatic heterocycles. The largest absolute Gasteiger partial charge is 0.361 e. The lowest BCUT2D eigenvalue weighted by Crippen LogP contribution is -2.58. The fraction of sp³-hybridized carbons (Fsp3) is 0.464. The molecular weight excluding hydrogens is 528 g/mol. The minimum atomic E-state index is -0.927. The fourth-order valence-electron chi connectivity index (χ4n) is 5.26. The summed E-state index contributed by atoms with van der Waals surface area (Å²) in [5.41, 5.74) is 2.04. The van der Waals surface area contributed by atoms with Crippen molar-refractivity contribution in [3.63, 3.8) is 0 Å². The summed E-state index contributed by atoms with van der Waals surface area (Å²) in [6.45, 7) is 5.72. The van der Waals surface area contributed by atoms with Gasteiger partial charge in [0.15, 0.2) is 0 Å². The van der Waals surface area contributed by atoms with Crippen LogP contribution in [0.25, 0.3) is 0 Å². The van der Waals surface area contributed by atoms with Gasteiger partial charge in [-0.25, -0.2) is 4.68 Å². The normalized spacial score (nSPS) is 23.4. The average molecular weight is 563 g/mol. The molecule has 0 radical (unpaired) electrons. The van der Waals surface area contributed by atoms with Crippen molar-refractivity contribution in [2.45, 2.75) is 70.7 Å². The van der Waals surface area contributed by atoms with E-state index in [1.807, 2.05) is 44.2 Å². The van der Waals surface area contributed by atoms with Crippen LogP contribution >= 0.6 is 0 Å². The molecule has 0 unspecified atom stereocenters. The van der Waals surface area contributed by atoms with Gasteiger partial charge in [-0.2, -0.15) is 0 Å². The number of nitrogens with zero attached hydrogens (tertiary/aromatic N) is 5. The number of likely N-dealkylation sites (tertiary alicyclic amines) is 1. The third-order valence-corrected chi connectivity index (χ3v) is 7.44. The lowest BCUT2D eigenvalue weighted by Gasteiger charge is -2.28. The Bertz CT molecular complexity index is 1420. The molecule has 1 aromatic carbocycles. The minimum absolute atomic E-state index is 0.0543. The topological polar surface area (TPSA) is 164 Å². The number of fused-ring (bicyclic) bond motifs is 5. The number of hydrogen-bond acceptors (Lipinski definition) is 8. The third kappa shape index (κ3) is 6.44. The monoisotopic (exact) mass is 562 g/mol. The van der Waals surface area contributed by atoms with Gasteiger partial charge in [0.05, 0.1) is 30.9 Å². The third-order valence-electron chi connectivity index (χ3n) is 7.44. The predicted molar refractivity (Wildman–Crippen MR) is 145 cm³/mol. The Balaban J connectivity index is 1.44. The molecule has 0 spiro atoms. The van der Waals surface area contributed by atoms with Gasteiger partial charge in [0.25, 0.3) is 0 Å². The summed E-state index contributed by atoms with van der Waals surface area (Å²) in [6, 6.07) is 8.06. The second-order valence-electron chi connectivity index (χ2n) is 11.0. The molecule has 1 saturated heterocycles. The number of carbonyl (C=O) groups excluding carboxylic acids is 4. The first-order valence-electron chi connectivity index (χ1n) is 13.7. The number of aromatic nitrogens is 4.